The number of hydrogen-bond donors (Lipinski definition) is 1. The van der Waals surface area contributed by atoms with Crippen LogP contribution in [0, 0.1) is 6.92 Å². The van der Waals surface area contributed by atoms with E-state index in [0.717, 1.165) is 17.5 Å². The zero-order chi connectivity index (χ0) is 20.3. The lowest BCUT2D eigenvalue weighted by molar-refractivity contribution is -0.137. The Morgan fingerprint density at radius 1 is 1.32 bits per heavy atom. The molecule has 0 saturated heterocycles. The fourth-order valence-electron chi connectivity index (χ4n) is 2.76. The van der Waals surface area contributed by atoms with Crippen molar-refractivity contribution in [3.8, 4) is 5.69 Å². The van der Waals surface area contributed by atoms with Crippen LogP contribution < -0.4 is 5.32 Å². The highest BCUT2D eigenvalue weighted by molar-refractivity contribution is 7.20. The van der Waals surface area contributed by atoms with Gasteiger partial charge in [-0.2, -0.15) is 18.3 Å². The third-order valence-corrected chi connectivity index (χ3v) is 5.25. The summed E-state index contributed by atoms with van der Waals surface area (Å²) in [5, 5.41) is 7.93. The number of carbonyl (C=O) groups excluding carboxylic acids is 1. The van der Waals surface area contributed by atoms with Gasteiger partial charge in [0, 0.05) is 25.1 Å². The first kappa shape index (κ1) is 20.3. The van der Waals surface area contributed by atoms with Crippen LogP contribution in [-0.2, 0) is 10.9 Å². The molecule has 1 N–H and O–H groups in total. The molecule has 0 aliphatic carbocycles. The van der Waals surface area contributed by atoms with E-state index in [1.807, 2.05) is 6.92 Å². The Labute approximate surface area is 164 Å². The number of fused-ring (bicyclic) bond motifs is 1. The average molecular weight is 411 g/mol. The Kier molecular flexibility index (Phi) is 6.04. The van der Waals surface area contributed by atoms with E-state index >= 15 is 0 Å². The van der Waals surface area contributed by atoms with Crippen molar-refractivity contribution < 1.29 is 22.7 Å². The van der Waals surface area contributed by atoms with Gasteiger partial charge in [0.05, 0.1) is 21.8 Å². The van der Waals surface area contributed by atoms with Crippen LogP contribution in [0.25, 0.3) is 15.9 Å². The summed E-state index contributed by atoms with van der Waals surface area (Å²) in [6.45, 7) is 5.38. The number of alkyl halides is 3. The van der Waals surface area contributed by atoms with Crippen molar-refractivity contribution in [3.63, 3.8) is 0 Å². The summed E-state index contributed by atoms with van der Waals surface area (Å²) in [7, 11) is 0. The molecule has 0 unspecified atom stereocenters. The van der Waals surface area contributed by atoms with Crippen LogP contribution in [0.5, 0.6) is 0 Å². The monoisotopic (exact) mass is 411 g/mol. The fraction of sp³-hybridized carbons (Fsp3) is 0.368. The van der Waals surface area contributed by atoms with E-state index in [1.54, 1.807) is 19.1 Å². The van der Waals surface area contributed by atoms with Gasteiger partial charge >= 0.3 is 6.18 Å². The Balaban J connectivity index is 1.85. The molecule has 0 bridgehead atoms. The third kappa shape index (κ3) is 4.36. The summed E-state index contributed by atoms with van der Waals surface area (Å²) in [4.78, 5) is 13.5. The van der Waals surface area contributed by atoms with Gasteiger partial charge in [-0.3, -0.25) is 4.79 Å². The van der Waals surface area contributed by atoms with Crippen LogP contribution in [-0.4, -0.2) is 35.4 Å². The number of halogens is 3. The summed E-state index contributed by atoms with van der Waals surface area (Å²) in [5.74, 6) is -0.215. The minimum absolute atomic E-state index is 0.215. The number of hydrogen-bond acceptors (Lipinski definition) is 4. The van der Waals surface area contributed by atoms with Crippen molar-refractivity contribution in [3.05, 3.63) is 46.5 Å². The molecule has 0 saturated carbocycles. The highest BCUT2D eigenvalue weighted by Crippen LogP contribution is 2.33. The fourth-order valence-corrected chi connectivity index (χ4v) is 3.85. The van der Waals surface area contributed by atoms with Gasteiger partial charge in [-0.1, -0.05) is 6.07 Å². The highest BCUT2D eigenvalue weighted by atomic mass is 32.1. The zero-order valence-corrected chi connectivity index (χ0v) is 16.3. The van der Waals surface area contributed by atoms with Crippen LogP contribution in [0.15, 0.2) is 30.3 Å². The van der Waals surface area contributed by atoms with Gasteiger partial charge in [0.1, 0.15) is 4.83 Å². The number of nitrogens with zero attached hydrogens (tertiary/aromatic N) is 2. The number of nitrogens with one attached hydrogen (secondary N) is 1. The Hall–Kier alpha value is -2.39. The number of thiophene rings is 1. The van der Waals surface area contributed by atoms with Gasteiger partial charge in [-0.15, -0.1) is 11.3 Å². The van der Waals surface area contributed by atoms with Crippen molar-refractivity contribution in [2.75, 3.05) is 19.8 Å². The normalized spacial score (nSPS) is 11.9. The summed E-state index contributed by atoms with van der Waals surface area (Å²) < 4.78 is 45.7. The first-order valence-electron chi connectivity index (χ1n) is 8.84. The van der Waals surface area contributed by atoms with Gasteiger partial charge in [0.2, 0.25) is 0 Å². The summed E-state index contributed by atoms with van der Waals surface area (Å²) >= 11 is 1.21. The largest absolute Gasteiger partial charge is 0.416 e. The lowest BCUT2D eigenvalue weighted by atomic mass is 10.2. The van der Waals surface area contributed by atoms with Crippen LogP contribution in [0.1, 0.15) is 34.3 Å². The Morgan fingerprint density at radius 3 is 2.82 bits per heavy atom. The van der Waals surface area contributed by atoms with E-state index < -0.39 is 11.7 Å². The standard InChI is InChI=1S/C19H20F3N3O2S/c1-3-27-9-5-8-23-17(26)16-11-15-12(2)24-25(18(15)28-16)14-7-4-6-13(10-14)19(20,21)22/h4,6-7,10-11H,3,5,8-9H2,1-2H3,(H,23,26). The minimum atomic E-state index is -4.43. The number of rotatable bonds is 7. The van der Waals surface area contributed by atoms with Crippen molar-refractivity contribution in [1.82, 2.24) is 15.1 Å². The van der Waals surface area contributed by atoms with E-state index in [2.05, 4.69) is 10.4 Å². The van der Waals surface area contributed by atoms with Crippen LogP contribution in [0.3, 0.4) is 0 Å². The molecule has 0 aliphatic rings. The van der Waals surface area contributed by atoms with E-state index in [9.17, 15) is 18.0 Å². The molecule has 2 aromatic heterocycles. The van der Waals surface area contributed by atoms with Crippen molar-refractivity contribution in [2.24, 2.45) is 0 Å². The van der Waals surface area contributed by atoms with Crippen LogP contribution in [0.2, 0.25) is 0 Å². The first-order chi connectivity index (χ1) is 13.3. The van der Waals surface area contributed by atoms with E-state index in [0.29, 0.717) is 47.3 Å². The molecule has 0 radical (unpaired) electrons. The average Bonchev–Trinajstić information content (AvgIpc) is 3.22. The van der Waals surface area contributed by atoms with Gasteiger partial charge in [-0.05, 0) is 44.5 Å². The first-order valence-corrected chi connectivity index (χ1v) is 9.65. The van der Waals surface area contributed by atoms with Crippen molar-refractivity contribution in [1.29, 1.82) is 0 Å². The summed E-state index contributed by atoms with van der Waals surface area (Å²) in [6, 6.07) is 6.71. The van der Waals surface area contributed by atoms with Crippen LogP contribution in [0.4, 0.5) is 13.2 Å². The number of carbonyl (C=O) groups is 1. The smallest absolute Gasteiger partial charge is 0.382 e. The number of amides is 1. The summed E-state index contributed by atoms with van der Waals surface area (Å²) in [6.07, 6.45) is -3.72. The lowest BCUT2D eigenvalue weighted by Gasteiger charge is -2.09. The molecule has 1 amide bonds. The predicted molar refractivity (Wildman–Crippen MR) is 102 cm³/mol. The highest BCUT2D eigenvalue weighted by Gasteiger charge is 2.30. The zero-order valence-electron chi connectivity index (χ0n) is 15.5. The molecule has 28 heavy (non-hydrogen) atoms. The maximum atomic E-state index is 13.0. The molecule has 0 fully saturated rings. The SMILES string of the molecule is CCOCCCNC(=O)c1cc2c(C)nn(-c3cccc(C(F)(F)F)c3)c2s1. The second kappa shape index (κ2) is 8.32. The Morgan fingerprint density at radius 2 is 2.11 bits per heavy atom. The molecule has 3 aromatic rings. The molecule has 3 rings (SSSR count). The number of aromatic nitrogens is 2. The molecule has 0 spiro atoms. The number of benzene rings is 1. The van der Waals surface area contributed by atoms with Gasteiger partial charge in [-0.25, -0.2) is 4.68 Å². The molecule has 2 heterocycles. The minimum Gasteiger partial charge on any atom is -0.382 e. The molecular weight excluding hydrogens is 391 g/mol. The number of aryl methyl sites for hydroxylation is 1. The van der Waals surface area contributed by atoms with E-state index in [1.165, 1.54) is 22.1 Å². The van der Waals surface area contributed by atoms with Crippen molar-refractivity contribution in [2.45, 2.75) is 26.4 Å². The second-order valence-corrected chi connectivity index (χ2v) is 7.21. The quantitative estimate of drug-likeness (QED) is 0.580. The summed E-state index contributed by atoms with van der Waals surface area (Å²) in [5.41, 5.74) is 0.215. The van der Waals surface area contributed by atoms with Gasteiger partial charge in [0.25, 0.3) is 5.91 Å². The third-order valence-electron chi connectivity index (χ3n) is 4.14. The maximum absolute atomic E-state index is 13.0. The second-order valence-electron chi connectivity index (χ2n) is 6.18. The molecule has 1 aromatic carbocycles. The van der Waals surface area contributed by atoms with Gasteiger partial charge in [0.15, 0.2) is 0 Å². The topological polar surface area (TPSA) is 56.1 Å². The Bertz CT molecular complexity index is 979. The van der Waals surface area contributed by atoms with E-state index in [-0.39, 0.29) is 5.91 Å². The molecule has 5 nitrogen and oxygen atoms in total. The van der Waals surface area contributed by atoms with Crippen LogP contribution >= 0.6 is 11.3 Å². The molecule has 0 atom stereocenters. The molecule has 9 heteroatoms. The molecule has 0 aliphatic heterocycles. The van der Waals surface area contributed by atoms with Crippen molar-refractivity contribution >= 4 is 27.5 Å². The lowest BCUT2D eigenvalue weighted by Crippen LogP contribution is -2.24. The van der Waals surface area contributed by atoms with Gasteiger partial charge < -0.3 is 10.1 Å². The molecular formula is C19H20F3N3O2S. The van der Waals surface area contributed by atoms with E-state index in [4.69, 9.17) is 4.74 Å². The maximum Gasteiger partial charge on any atom is 0.416 e. The number of ether oxygens (including phenoxy) is 1. The predicted octanol–water partition coefficient (Wildman–Crippen LogP) is 4.57. The molecule has 150 valence electrons.